The topological polar surface area (TPSA) is 92.9 Å². The molecule has 2 fully saturated rings. The molecule has 0 bridgehead atoms. The zero-order chi connectivity index (χ0) is 16.8. The molecule has 1 atom stereocenters. The van der Waals surface area contributed by atoms with Gasteiger partial charge in [0.1, 0.15) is 0 Å². The van der Waals surface area contributed by atoms with E-state index in [9.17, 15) is 14.4 Å². The summed E-state index contributed by atoms with van der Waals surface area (Å²) < 4.78 is 5.08. The van der Waals surface area contributed by atoms with E-state index in [0.717, 1.165) is 19.4 Å². The van der Waals surface area contributed by atoms with Gasteiger partial charge >= 0.3 is 5.97 Å². The number of ether oxygens (including phenoxy) is 1. The van der Waals surface area contributed by atoms with Crippen LogP contribution in [-0.2, 0) is 19.1 Å². The van der Waals surface area contributed by atoms with Gasteiger partial charge in [0.25, 0.3) is 0 Å². The molecule has 2 aliphatic heterocycles. The van der Waals surface area contributed by atoms with Gasteiger partial charge in [-0.05, 0) is 39.2 Å². The maximum atomic E-state index is 12.4. The summed E-state index contributed by atoms with van der Waals surface area (Å²) in [5.41, 5.74) is 5.31. The van der Waals surface area contributed by atoms with Crippen LogP contribution in [0.5, 0.6) is 0 Å². The van der Waals surface area contributed by atoms with Crippen LogP contribution >= 0.6 is 0 Å². The van der Waals surface area contributed by atoms with Crippen molar-refractivity contribution < 1.29 is 19.1 Å². The van der Waals surface area contributed by atoms with E-state index in [1.807, 2.05) is 4.90 Å². The summed E-state index contributed by atoms with van der Waals surface area (Å²) in [6.45, 7) is 5.11. The summed E-state index contributed by atoms with van der Waals surface area (Å²) >= 11 is 0. The Morgan fingerprint density at radius 3 is 2.39 bits per heavy atom. The zero-order valence-corrected chi connectivity index (χ0v) is 13.8. The standard InChI is InChI=1S/C16H27N3O4/c1-2-23-16(22)13-4-3-7-18(10-13)11-14(20)19-8-5-12(6-9-19)15(17)21/h12-13H,2-11H2,1H3,(H2,17,21)/t13-/m1/s1. The number of primary amides is 1. The van der Waals surface area contributed by atoms with E-state index in [0.29, 0.717) is 45.6 Å². The number of amides is 2. The number of nitrogens with zero attached hydrogens (tertiary/aromatic N) is 2. The summed E-state index contributed by atoms with van der Waals surface area (Å²) in [7, 11) is 0. The smallest absolute Gasteiger partial charge is 0.310 e. The molecule has 2 N–H and O–H groups in total. The molecule has 0 spiro atoms. The van der Waals surface area contributed by atoms with Gasteiger partial charge in [-0.3, -0.25) is 19.3 Å². The van der Waals surface area contributed by atoms with Gasteiger partial charge in [0.05, 0.1) is 19.1 Å². The summed E-state index contributed by atoms with van der Waals surface area (Å²) in [5.74, 6) is -0.603. The summed E-state index contributed by atoms with van der Waals surface area (Å²) in [6, 6.07) is 0. The number of likely N-dealkylation sites (tertiary alicyclic amines) is 2. The van der Waals surface area contributed by atoms with Crippen LogP contribution in [0.2, 0.25) is 0 Å². The van der Waals surface area contributed by atoms with Crippen molar-refractivity contribution in [1.82, 2.24) is 9.80 Å². The molecule has 2 saturated heterocycles. The zero-order valence-electron chi connectivity index (χ0n) is 13.8. The lowest BCUT2D eigenvalue weighted by Crippen LogP contribution is -2.48. The Morgan fingerprint density at radius 1 is 1.09 bits per heavy atom. The average Bonchev–Trinajstić information content (AvgIpc) is 2.55. The van der Waals surface area contributed by atoms with Crippen LogP contribution < -0.4 is 5.73 Å². The highest BCUT2D eigenvalue weighted by atomic mass is 16.5. The van der Waals surface area contributed by atoms with Crippen LogP contribution in [-0.4, -0.2) is 66.9 Å². The molecule has 0 aliphatic carbocycles. The van der Waals surface area contributed by atoms with Crippen LogP contribution in [0.4, 0.5) is 0 Å². The molecular formula is C16H27N3O4. The predicted molar refractivity (Wildman–Crippen MR) is 84.3 cm³/mol. The minimum atomic E-state index is -0.273. The van der Waals surface area contributed by atoms with Gasteiger partial charge in [0.15, 0.2) is 0 Å². The monoisotopic (exact) mass is 325 g/mol. The Kier molecular flexibility index (Phi) is 6.38. The molecule has 130 valence electrons. The summed E-state index contributed by atoms with van der Waals surface area (Å²) in [6.07, 6.45) is 3.02. The van der Waals surface area contributed by atoms with Crippen molar-refractivity contribution in [3.8, 4) is 0 Å². The van der Waals surface area contributed by atoms with Gasteiger partial charge < -0.3 is 15.4 Å². The second kappa shape index (κ2) is 8.29. The van der Waals surface area contributed by atoms with Gasteiger partial charge in [0, 0.05) is 25.6 Å². The van der Waals surface area contributed by atoms with Crippen LogP contribution in [0, 0.1) is 11.8 Å². The first kappa shape index (κ1) is 17.7. The van der Waals surface area contributed by atoms with Crippen molar-refractivity contribution in [2.24, 2.45) is 17.6 Å². The van der Waals surface area contributed by atoms with Crippen molar-refractivity contribution in [3.63, 3.8) is 0 Å². The van der Waals surface area contributed by atoms with Gasteiger partial charge in [0.2, 0.25) is 11.8 Å². The largest absolute Gasteiger partial charge is 0.466 e. The van der Waals surface area contributed by atoms with Crippen molar-refractivity contribution in [1.29, 1.82) is 0 Å². The van der Waals surface area contributed by atoms with Gasteiger partial charge in [-0.25, -0.2) is 0 Å². The highest BCUT2D eigenvalue weighted by Crippen LogP contribution is 2.20. The van der Waals surface area contributed by atoms with Crippen LogP contribution in [0.25, 0.3) is 0 Å². The molecule has 7 heteroatoms. The number of carbonyl (C=O) groups excluding carboxylic acids is 3. The van der Waals surface area contributed by atoms with E-state index in [1.165, 1.54) is 0 Å². The lowest BCUT2D eigenvalue weighted by molar-refractivity contribution is -0.150. The fraction of sp³-hybridized carbons (Fsp3) is 0.812. The molecular weight excluding hydrogens is 298 g/mol. The lowest BCUT2D eigenvalue weighted by Gasteiger charge is -2.35. The molecule has 0 saturated carbocycles. The molecule has 2 heterocycles. The van der Waals surface area contributed by atoms with E-state index < -0.39 is 0 Å². The molecule has 2 amide bonds. The maximum Gasteiger partial charge on any atom is 0.310 e. The first-order valence-electron chi connectivity index (χ1n) is 8.47. The molecule has 0 aromatic heterocycles. The van der Waals surface area contributed by atoms with E-state index in [4.69, 9.17) is 10.5 Å². The molecule has 23 heavy (non-hydrogen) atoms. The van der Waals surface area contributed by atoms with E-state index in [1.54, 1.807) is 11.8 Å². The van der Waals surface area contributed by atoms with Crippen molar-refractivity contribution >= 4 is 17.8 Å². The van der Waals surface area contributed by atoms with Crippen LogP contribution in [0.3, 0.4) is 0 Å². The molecule has 0 aromatic rings. The molecule has 2 rings (SSSR count). The van der Waals surface area contributed by atoms with Crippen molar-refractivity contribution in [2.75, 3.05) is 39.3 Å². The Bertz CT molecular complexity index is 447. The number of hydrogen-bond acceptors (Lipinski definition) is 5. The molecule has 0 radical (unpaired) electrons. The Balaban J connectivity index is 1.79. The average molecular weight is 325 g/mol. The third-order valence-electron chi connectivity index (χ3n) is 4.73. The van der Waals surface area contributed by atoms with Gasteiger partial charge in [-0.15, -0.1) is 0 Å². The molecule has 0 unspecified atom stereocenters. The van der Waals surface area contributed by atoms with Crippen LogP contribution in [0.15, 0.2) is 0 Å². The molecule has 0 aromatic carbocycles. The van der Waals surface area contributed by atoms with E-state index in [2.05, 4.69) is 0 Å². The maximum absolute atomic E-state index is 12.4. The number of carbonyl (C=O) groups is 3. The number of piperidine rings is 2. The first-order chi connectivity index (χ1) is 11.0. The normalized spacial score (nSPS) is 23.5. The predicted octanol–water partition coefficient (Wildman–Crippen LogP) is -0.0146. The minimum Gasteiger partial charge on any atom is -0.466 e. The quantitative estimate of drug-likeness (QED) is 0.717. The number of nitrogens with two attached hydrogens (primary N) is 1. The van der Waals surface area contributed by atoms with Crippen molar-refractivity contribution in [2.45, 2.75) is 32.6 Å². The van der Waals surface area contributed by atoms with Gasteiger partial charge in [-0.2, -0.15) is 0 Å². The second-order valence-electron chi connectivity index (χ2n) is 6.38. The minimum absolute atomic E-state index is 0.0671. The van der Waals surface area contributed by atoms with E-state index in [-0.39, 0.29) is 29.6 Å². The summed E-state index contributed by atoms with van der Waals surface area (Å²) in [5, 5.41) is 0. The third-order valence-corrected chi connectivity index (χ3v) is 4.73. The molecule has 7 nitrogen and oxygen atoms in total. The Morgan fingerprint density at radius 2 is 1.78 bits per heavy atom. The number of hydrogen-bond donors (Lipinski definition) is 1. The first-order valence-corrected chi connectivity index (χ1v) is 8.47. The fourth-order valence-electron chi connectivity index (χ4n) is 3.36. The summed E-state index contributed by atoms with van der Waals surface area (Å²) in [4.78, 5) is 39.2. The second-order valence-corrected chi connectivity index (χ2v) is 6.38. The highest BCUT2D eigenvalue weighted by Gasteiger charge is 2.30. The number of rotatable bonds is 5. The highest BCUT2D eigenvalue weighted by molar-refractivity contribution is 5.80. The molecule has 2 aliphatic rings. The Hall–Kier alpha value is -1.63. The van der Waals surface area contributed by atoms with E-state index >= 15 is 0 Å². The third kappa shape index (κ3) is 4.92. The SMILES string of the molecule is CCOC(=O)[C@@H]1CCCN(CC(=O)N2CCC(C(N)=O)CC2)C1. The number of esters is 1. The van der Waals surface area contributed by atoms with Crippen LogP contribution in [0.1, 0.15) is 32.6 Å². The van der Waals surface area contributed by atoms with Crippen molar-refractivity contribution in [3.05, 3.63) is 0 Å². The Labute approximate surface area is 137 Å². The van der Waals surface area contributed by atoms with Gasteiger partial charge in [-0.1, -0.05) is 0 Å². The lowest BCUT2D eigenvalue weighted by atomic mass is 9.96. The fourth-order valence-corrected chi connectivity index (χ4v) is 3.36.